The molecule has 8 heteroatoms. The summed E-state index contributed by atoms with van der Waals surface area (Å²) in [6.07, 6.45) is 14.4. The number of unbranched alkanes of at least 4 members (excludes halogenated alkanes) is 9. The van der Waals surface area contributed by atoms with Gasteiger partial charge < -0.3 is 29.3 Å². The second kappa shape index (κ2) is 20.8. The minimum atomic E-state index is -0.914. The number of hydrogen-bond acceptors (Lipinski definition) is 8. The van der Waals surface area contributed by atoms with Gasteiger partial charge in [0.15, 0.2) is 0 Å². The molecule has 35 heavy (non-hydrogen) atoms. The van der Waals surface area contributed by atoms with Crippen LogP contribution in [0.3, 0.4) is 0 Å². The normalized spacial score (nSPS) is 17.0. The van der Waals surface area contributed by atoms with Crippen LogP contribution in [-0.4, -0.2) is 78.9 Å². The SMILES string of the molecule is CCCCCCCCCCCCC(CCC(=O)OC(CO)CO)OC(=O)OCCC1CCCN1C. The van der Waals surface area contributed by atoms with Crippen molar-refractivity contribution < 1.29 is 34.0 Å². The zero-order chi connectivity index (χ0) is 25.7. The van der Waals surface area contributed by atoms with Gasteiger partial charge >= 0.3 is 12.1 Å². The zero-order valence-corrected chi connectivity index (χ0v) is 22.3. The molecule has 1 saturated heterocycles. The van der Waals surface area contributed by atoms with E-state index in [2.05, 4.69) is 18.9 Å². The third kappa shape index (κ3) is 16.1. The Labute approximate surface area is 212 Å². The molecule has 1 rings (SSSR count). The molecule has 1 aliphatic rings. The molecule has 0 radical (unpaired) electrons. The first-order valence-corrected chi connectivity index (χ1v) is 13.9. The van der Waals surface area contributed by atoms with E-state index in [4.69, 9.17) is 24.4 Å². The van der Waals surface area contributed by atoms with Crippen molar-refractivity contribution in [3.8, 4) is 0 Å². The second-order valence-corrected chi connectivity index (χ2v) is 9.89. The van der Waals surface area contributed by atoms with Gasteiger partial charge in [0, 0.05) is 12.5 Å². The monoisotopic (exact) mass is 501 g/mol. The van der Waals surface area contributed by atoms with Crippen LogP contribution in [0.25, 0.3) is 0 Å². The zero-order valence-electron chi connectivity index (χ0n) is 22.3. The van der Waals surface area contributed by atoms with Crippen molar-refractivity contribution in [1.82, 2.24) is 4.90 Å². The summed E-state index contributed by atoms with van der Waals surface area (Å²) < 4.78 is 15.9. The fraction of sp³-hybridized carbons (Fsp3) is 0.926. The number of nitrogens with zero attached hydrogens (tertiary/aromatic N) is 1. The number of hydrogen-bond donors (Lipinski definition) is 2. The van der Waals surface area contributed by atoms with E-state index in [1.54, 1.807) is 0 Å². The second-order valence-electron chi connectivity index (χ2n) is 9.89. The van der Waals surface area contributed by atoms with Gasteiger partial charge in [-0.15, -0.1) is 0 Å². The molecule has 2 N–H and O–H groups in total. The number of rotatable bonds is 21. The van der Waals surface area contributed by atoms with E-state index in [1.165, 1.54) is 51.4 Å². The largest absolute Gasteiger partial charge is 0.508 e. The van der Waals surface area contributed by atoms with Crippen LogP contribution in [0.5, 0.6) is 0 Å². The number of likely N-dealkylation sites (tertiary alicyclic amines) is 1. The smallest absolute Gasteiger partial charge is 0.457 e. The van der Waals surface area contributed by atoms with Crippen LogP contribution in [-0.2, 0) is 19.0 Å². The first-order chi connectivity index (χ1) is 17.0. The predicted octanol–water partition coefficient (Wildman–Crippen LogP) is 4.98. The number of aliphatic hydroxyl groups is 2. The Kier molecular flexibility index (Phi) is 18.8. The molecule has 0 aromatic heterocycles. The highest BCUT2D eigenvalue weighted by Gasteiger charge is 2.22. The average Bonchev–Trinajstić information content (AvgIpc) is 3.26. The van der Waals surface area contributed by atoms with Gasteiger partial charge in [0.25, 0.3) is 0 Å². The van der Waals surface area contributed by atoms with Gasteiger partial charge in [-0.1, -0.05) is 64.7 Å². The molecular formula is C27H51NO7. The Morgan fingerprint density at radius 3 is 2.09 bits per heavy atom. The molecule has 0 aromatic rings. The van der Waals surface area contributed by atoms with E-state index in [9.17, 15) is 9.59 Å². The van der Waals surface area contributed by atoms with E-state index < -0.39 is 37.5 Å². The number of aliphatic hydroxyl groups excluding tert-OH is 2. The third-order valence-corrected chi connectivity index (χ3v) is 6.86. The van der Waals surface area contributed by atoms with Gasteiger partial charge in [-0.05, 0) is 52.1 Å². The van der Waals surface area contributed by atoms with Crippen molar-refractivity contribution in [2.24, 2.45) is 0 Å². The third-order valence-electron chi connectivity index (χ3n) is 6.86. The molecule has 0 saturated carbocycles. The summed E-state index contributed by atoms with van der Waals surface area (Å²) in [7, 11) is 2.09. The summed E-state index contributed by atoms with van der Waals surface area (Å²) in [5, 5.41) is 18.2. The molecule has 0 aromatic carbocycles. The number of esters is 1. The summed E-state index contributed by atoms with van der Waals surface area (Å²) in [6, 6.07) is 0.450. The molecule has 0 amide bonds. The first kappa shape index (κ1) is 31.6. The Balaban J connectivity index is 2.33. The highest BCUT2D eigenvalue weighted by Crippen LogP contribution is 2.19. The maximum atomic E-state index is 12.3. The molecule has 0 spiro atoms. The van der Waals surface area contributed by atoms with Crippen molar-refractivity contribution in [3.63, 3.8) is 0 Å². The van der Waals surface area contributed by atoms with Crippen molar-refractivity contribution in [2.45, 2.75) is 128 Å². The highest BCUT2D eigenvalue weighted by atomic mass is 16.7. The van der Waals surface area contributed by atoms with Gasteiger partial charge in [0.2, 0.25) is 0 Å². The first-order valence-electron chi connectivity index (χ1n) is 13.9. The van der Waals surface area contributed by atoms with Crippen LogP contribution < -0.4 is 0 Å². The lowest BCUT2D eigenvalue weighted by molar-refractivity contribution is -0.154. The van der Waals surface area contributed by atoms with E-state index in [-0.39, 0.29) is 6.42 Å². The minimum absolute atomic E-state index is 0.0546. The number of carbonyl (C=O) groups excluding carboxylic acids is 2. The molecule has 2 atom stereocenters. The van der Waals surface area contributed by atoms with Crippen LogP contribution in [0.15, 0.2) is 0 Å². The Morgan fingerprint density at radius 1 is 0.886 bits per heavy atom. The lowest BCUT2D eigenvalue weighted by Crippen LogP contribution is -2.28. The summed E-state index contributed by atoms with van der Waals surface area (Å²) in [5.41, 5.74) is 0. The van der Waals surface area contributed by atoms with Crippen molar-refractivity contribution >= 4 is 12.1 Å². The van der Waals surface area contributed by atoms with Gasteiger partial charge in [-0.25, -0.2) is 4.79 Å². The number of ether oxygens (including phenoxy) is 3. The van der Waals surface area contributed by atoms with Crippen LogP contribution in [0.1, 0.15) is 110 Å². The quantitative estimate of drug-likeness (QED) is 0.168. The molecular weight excluding hydrogens is 450 g/mol. The van der Waals surface area contributed by atoms with Crippen LogP contribution in [0.2, 0.25) is 0 Å². The lowest BCUT2D eigenvalue weighted by Gasteiger charge is -2.20. The van der Waals surface area contributed by atoms with E-state index in [1.807, 2.05) is 0 Å². The molecule has 0 aliphatic carbocycles. The van der Waals surface area contributed by atoms with Gasteiger partial charge in [0.05, 0.1) is 19.8 Å². The standard InChI is InChI=1S/C27H51NO7/c1-3-4-5-6-7-8-9-10-11-12-15-24(16-17-26(31)34-25(21-29)22-30)35-27(32)33-20-18-23-14-13-19-28(23)2/h23-25,29-30H,3-22H2,1-2H3. The summed E-state index contributed by atoms with van der Waals surface area (Å²) in [6.45, 7) is 2.79. The Hall–Kier alpha value is -1.38. The Bertz CT molecular complexity index is 542. The van der Waals surface area contributed by atoms with E-state index in [0.717, 1.165) is 38.6 Å². The van der Waals surface area contributed by atoms with Crippen LogP contribution in [0, 0.1) is 0 Å². The van der Waals surface area contributed by atoms with Gasteiger partial charge in [0.1, 0.15) is 12.2 Å². The maximum absolute atomic E-state index is 12.3. The minimum Gasteiger partial charge on any atom is -0.457 e. The molecule has 8 nitrogen and oxygen atoms in total. The molecule has 1 fully saturated rings. The van der Waals surface area contributed by atoms with E-state index in [0.29, 0.717) is 25.5 Å². The predicted molar refractivity (Wildman–Crippen MR) is 136 cm³/mol. The van der Waals surface area contributed by atoms with Crippen molar-refractivity contribution in [1.29, 1.82) is 0 Å². The van der Waals surface area contributed by atoms with Gasteiger partial charge in [-0.3, -0.25) is 4.79 Å². The fourth-order valence-corrected chi connectivity index (χ4v) is 4.57. The van der Waals surface area contributed by atoms with Crippen molar-refractivity contribution in [3.05, 3.63) is 0 Å². The average molecular weight is 502 g/mol. The molecule has 1 heterocycles. The molecule has 0 bridgehead atoms. The van der Waals surface area contributed by atoms with Gasteiger partial charge in [-0.2, -0.15) is 0 Å². The summed E-state index contributed by atoms with van der Waals surface area (Å²) >= 11 is 0. The number of carbonyl (C=O) groups is 2. The topological polar surface area (TPSA) is 106 Å². The summed E-state index contributed by atoms with van der Waals surface area (Å²) in [5.74, 6) is -0.521. The lowest BCUT2D eigenvalue weighted by atomic mass is 10.0. The molecule has 2 unspecified atom stereocenters. The van der Waals surface area contributed by atoms with E-state index >= 15 is 0 Å². The molecule has 206 valence electrons. The van der Waals surface area contributed by atoms with Crippen molar-refractivity contribution in [2.75, 3.05) is 33.4 Å². The van der Waals surface area contributed by atoms with Crippen LogP contribution in [0.4, 0.5) is 4.79 Å². The highest BCUT2D eigenvalue weighted by molar-refractivity contribution is 5.69. The fourth-order valence-electron chi connectivity index (χ4n) is 4.57. The summed E-state index contributed by atoms with van der Waals surface area (Å²) in [4.78, 5) is 26.6. The van der Waals surface area contributed by atoms with Crippen LogP contribution >= 0.6 is 0 Å². The molecule has 1 aliphatic heterocycles. The maximum Gasteiger partial charge on any atom is 0.508 e. The Morgan fingerprint density at radius 2 is 1.51 bits per heavy atom.